The molecule has 0 aromatic carbocycles. The molecule has 0 atom stereocenters. The second kappa shape index (κ2) is 6.05. The third-order valence-electron chi connectivity index (χ3n) is 3.81. The van der Waals surface area contributed by atoms with Gasteiger partial charge in [0, 0.05) is 32.4 Å². The molecule has 0 saturated carbocycles. The molecule has 1 fully saturated rings. The number of hydrogen-bond acceptors (Lipinski definition) is 5. The molecule has 7 heteroatoms. The molecule has 3 rings (SSSR count). The molecular formula is C15H19N5O2. The topological polar surface area (TPSA) is 74.5 Å². The highest BCUT2D eigenvalue weighted by atomic mass is 16.5. The average Bonchev–Trinajstić information content (AvgIpc) is 2.88. The van der Waals surface area contributed by atoms with Gasteiger partial charge in [-0.25, -0.2) is 9.78 Å². The third kappa shape index (κ3) is 2.88. The summed E-state index contributed by atoms with van der Waals surface area (Å²) >= 11 is 0. The summed E-state index contributed by atoms with van der Waals surface area (Å²) in [4.78, 5) is 20.6. The number of nitrogens with one attached hydrogen (secondary N) is 1. The van der Waals surface area contributed by atoms with E-state index in [9.17, 15) is 4.79 Å². The van der Waals surface area contributed by atoms with Crippen LogP contribution in [0.3, 0.4) is 0 Å². The SMILES string of the molecule is Cc1noc(C)c1NC(=O)N1CCN(c2ccccn2)CC1. The first kappa shape index (κ1) is 14.4. The summed E-state index contributed by atoms with van der Waals surface area (Å²) in [5.41, 5.74) is 1.36. The molecule has 0 bridgehead atoms. The predicted molar refractivity (Wildman–Crippen MR) is 83.0 cm³/mol. The number of pyridine rings is 1. The van der Waals surface area contributed by atoms with E-state index in [1.807, 2.05) is 25.1 Å². The van der Waals surface area contributed by atoms with Crippen LogP contribution in [0.2, 0.25) is 0 Å². The van der Waals surface area contributed by atoms with Crippen molar-refractivity contribution in [3.63, 3.8) is 0 Å². The van der Waals surface area contributed by atoms with Gasteiger partial charge in [0.15, 0.2) is 5.76 Å². The fourth-order valence-electron chi connectivity index (χ4n) is 2.53. The number of aromatic nitrogens is 2. The third-order valence-corrected chi connectivity index (χ3v) is 3.81. The molecule has 116 valence electrons. The van der Waals surface area contributed by atoms with Gasteiger partial charge >= 0.3 is 6.03 Å². The molecular weight excluding hydrogens is 282 g/mol. The van der Waals surface area contributed by atoms with Crippen molar-refractivity contribution in [3.05, 3.63) is 35.9 Å². The quantitative estimate of drug-likeness (QED) is 0.918. The number of piperazine rings is 1. The van der Waals surface area contributed by atoms with Crippen molar-refractivity contribution in [1.29, 1.82) is 0 Å². The molecule has 3 heterocycles. The summed E-state index contributed by atoms with van der Waals surface area (Å²) in [5.74, 6) is 1.58. The number of rotatable bonds is 2. The van der Waals surface area contributed by atoms with Crippen molar-refractivity contribution in [1.82, 2.24) is 15.0 Å². The fraction of sp³-hybridized carbons (Fsp3) is 0.400. The maximum Gasteiger partial charge on any atom is 0.322 e. The first-order chi connectivity index (χ1) is 10.6. The Morgan fingerprint density at radius 3 is 2.59 bits per heavy atom. The predicted octanol–water partition coefficient (Wildman–Crippen LogP) is 2.04. The highest BCUT2D eigenvalue weighted by Crippen LogP contribution is 2.20. The highest BCUT2D eigenvalue weighted by Gasteiger charge is 2.23. The molecule has 2 amide bonds. The Morgan fingerprint density at radius 1 is 1.23 bits per heavy atom. The van der Waals surface area contributed by atoms with Gasteiger partial charge in [0.1, 0.15) is 17.2 Å². The Bertz CT molecular complexity index is 628. The smallest absolute Gasteiger partial charge is 0.322 e. The van der Waals surface area contributed by atoms with E-state index in [4.69, 9.17) is 4.52 Å². The zero-order valence-corrected chi connectivity index (χ0v) is 12.7. The van der Waals surface area contributed by atoms with Crippen LogP contribution in [-0.2, 0) is 0 Å². The minimum atomic E-state index is -0.116. The number of carbonyl (C=O) groups excluding carboxylic acids is 1. The molecule has 0 radical (unpaired) electrons. The van der Waals surface area contributed by atoms with Crippen molar-refractivity contribution < 1.29 is 9.32 Å². The van der Waals surface area contributed by atoms with E-state index in [2.05, 4.69) is 20.4 Å². The Kier molecular flexibility index (Phi) is 3.95. The number of aryl methyl sites for hydroxylation is 2. The van der Waals surface area contributed by atoms with Crippen molar-refractivity contribution in [2.45, 2.75) is 13.8 Å². The number of hydrogen-bond donors (Lipinski definition) is 1. The standard InChI is InChI=1S/C15H19N5O2/c1-11-14(12(2)22-18-11)17-15(21)20-9-7-19(8-10-20)13-5-3-4-6-16-13/h3-6H,7-10H2,1-2H3,(H,17,21). The van der Waals surface area contributed by atoms with E-state index in [0.717, 1.165) is 18.9 Å². The van der Waals surface area contributed by atoms with Crippen molar-refractivity contribution >= 4 is 17.5 Å². The summed E-state index contributed by atoms with van der Waals surface area (Å²) in [6, 6.07) is 5.74. The van der Waals surface area contributed by atoms with Crippen molar-refractivity contribution in [2.24, 2.45) is 0 Å². The number of amides is 2. The molecule has 1 saturated heterocycles. The maximum atomic E-state index is 12.3. The van der Waals surface area contributed by atoms with Gasteiger partial charge in [-0.15, -0.1) is 0 Å². The lowest BCUT2D eigenvalue weighted by Gasteiger charge is -2.35. The first-order valence-corrected chi connectivity index (χ1v) is 7.30. The lowest BCUT2D eigenvalue weighted by Crippen LogP contribution is -2.50. The van der Waals surface area contributed by atoms with E-state index >= 15 is 0 Å². The Labute approximate surface area is 128 Å². The van der Waals surface area contributed by atoms with E-state index in [-0.39, 0.29) is 6.03 Å². The summed E-state index contributed by atoms with van der Waals surface area (Å²) in [6.07, 6.45) is 1.78. The highest BCUT2D eigenvalue weighted by molar-refractivity contribution is 5.90. The Morgan fingerprint density at radius 2 is 2.00 bits per heavy atom. The van der Waals surface area contributed by atoms with Crippen LogP contribution < -0.4 is 10.2 Å². The van der Waals surface area contributed by atoms with E-state index < -0.39 is 0 Å². The van der Waals surface area contributed by atoms with Crippen LogP contribution >= 0.6 is 0 Å². The minimum absolute atomic E-state index is 0.116. The molecule has 0 aliphatic carbocycles. The van der Waals surface area contributed by atoms with Crippen LogP contribution in [-0.4, -0.2) is 47.3 Å². The van der Waals surface area contributed by atoms with Gasteiger partial charge in [0.2, 0.25) is 0 Å². The summed E-state index contributed by atoms with van der Waals surface area (Å²) in [5, 5.41) is 6.72. The molecule has 2 aromatic heterocycles. The van der Waals surface area contributed by atoms with Crippen molar-refractivity contribution in [3.8, 4) is 0 Å². The van der Waals surface area contributed by atoms with Gasteiger partial charge in [0.05, 0.1) is 0 Å². The summed E-state index contributed by atoms with van der Waals surface area (Å²) in [7, 11) is 0. The van der Waals surface area contributed by atoms with Crippen molar-refractivity contribution in [2.75, 3.05) is 36.4 Å². The lowest BCUT2D eigenvalue weighted by molar-refractivity contribution is 0.208. The maximum absolute atomic E-state index is 12.3. The van der Waals surface area contributed by atoms with Crippen LogP contribution in [0.4, 0.5) is 16.3 Å². The van der Waals surface area contributed by atoms with E-state index in [0.29, 0.717) is 30.2 Å². The normalized spacial score (nSPS) is 15.0. The average molecular weight is 301 g/mol. The van der Waals surface area contributed by atoms with Gasteiger partial charge in [-0.2, -0.15) is 0 Å². The zero-order valence-electron chi connectivity index (χ0n) is 12.7. The molecule has 7 nitrogen and oxygen atoms in total. The fourth-order valence-corrected chi connectivity index (χ4v) is 2.53. The van der Waals surface area contributed by atoms with Gasteiger partial charge in [0.25, 0.3) is 0 Å². The Hall–Kier alpha value is -2.57. The van der Waals surface area contributed by atoms with E-state index in [1.165, 1.54) is 0 Å². The molecule has 1 aliphatic heterocycles. The minimum Gasteiger partial charge on any atom is -0.359 e. The summed E-state index contributed by atoms with van der Waals surface area (Å²) in [6.45, 7) is 6.45. The number of nitrogens with zero attached hydrogens (tertiary/aromatic N) is 4. The van der Waals surface area contributed by atoms with Gasteiger partial charge in [-0.05, 0) is 26.0 Å². The lowest BCUT2D eigenvalue weighted by atomic mass is 10.3. The van der Waals surface area contributed by atoms with Crippen LogP contribution in [0.5, 0.6) is 0 Å². The second-order valence-electron chi connectivity index (χ2n) is 5.29. The molecule has 2 aromatic rings. The number of carbonyl (C=O) groups is 1. The molecule has 22 heavy (non-hydrogen) atoms. The number of anilines is 2. The van der Waals surface area contributed by atoms with Gasteiger partial charge in [-0.3, -0.25) is 0 Å². The molecule has 0 unspecified atom stereocenters. The van der Waals surface area contributed by atoms with Crippen LogP contribution in [0, 0.1) is 13.8 Å². The largest absolute Gasteiger partial charge is 0.359 e. The molecule has 0 spiro atoms. The number of urea groups is 1. The first-order valence-electron chi connectivity index (χ1n) is 7.30. The molecule has 1 N–H and O–H groups in total. The van der Waals surface area contributed by atoms with Crippen LogP contribution in [0.25, 0.3) is 0 Å². The van der Waals surface area contributed by atoms with E-state index in [1.54, 1.807) is 18.0 Å². The van der Waals surface area contributed by atoms with Crippen LogP contribution in [0.15, 0.2) is 28.9 Å². The zero-order chi connectivity index (χ0) is 15.5. The summed E-state index contributed by atoms with van der Waals surface area (Å²) < 4.78 is 5.06. The Balaban J connectivity index is 1.58. The second-order valence-corrected chi connectivity index (χ2v) is 5.29. The molecule has 1 aliphatic rings. The van der Waals surface area contributed by atoms with Gasteiger partial charge < -0.3 is 19.6 Å². The monoisotopic (exact) mass is 301 g/mol. The van der Waals surface area contributed by atoms with Crippen LogP contribution in [0.1, 0.15) is 11.5 Å². The van der Waals surface area contributed by atoms with Gasteiger partial charge in [-0.1, -0.05) is 11.2 Å².